The lowest BCUT2D eigenvalue weighted by molar-refractivity contribution is 0.111. The van der Waals surface area contributed by atoms with Gasteiger partial charge >= 0.3 is 0 Å². The molecule has 2 aliphatic rings. The first kappa shape index (κ1) is 12.3. The quantitative estimate of drug-likeness (QED) is 0.487. The molecule has 0 aliphatic heterocycles. The van der Waals surface area contributed by atoms with Gasteiger partial charge in [-0.05, 0) is 54.5 Å². The Morgan fingerprint density at radius 2 is 1.87 bits per heavy atom. The molecular formula is C12H22Cl2Si. The molecule has 0 saturated heterocycles. The maximum Gasteiger partial charge on any atom is 0.248 e. The van der Waals surface area contributed by atoms with E-state index in [1.807, 2.05) is 0 Å². The van der Waals surface area contributed by atoms with Crippen molar-refractivity contribution in [2.45, 2.75) is 52.6 Å². The molecule has 0 amide bonds. The van der Waals surface area contributed by atoms with Gasteiger partial charge < -0.3 is 0 Å². The Bertz CT molecular complexity index is 269. The lowest BCUT2D eigenvalue weighted by atomic mass is 9.67. The smallest absolute Gasteiger partial charge is 0.146 e. The van der Waals surface area contributed by atoms with E-state index in [1.54, 1.807) is 0 Å². The lowest BCUT2D eigenvalue weighted by Gasteiger charge is -2.40. The number of hydrogen-bond acceptors (Lipinski definition) is 0. The van der Waals surface area contributed by atoms with Gasteiger partial charge in [-0.3, -0.25) is 0 Å². The van der Waals surface area contributed by atoms with Crippen molar-refractivity contribution in [3.05, 3.63) is 0 Å². The van der Waals surface area contributed by atoms with Crippen molar-refractivity contribution >= 4 is 28.9 Å². The van der Waals surface area contributed by atoms with E-state index in [4.69, 9.17) is 22.2 Å². The van der Waals surface area contributed by atoms with E-state index in [0.717, 1.165) is 17.9 Å². The van der Waals surface area contributed by atoms with Crippen LogP contribution in [-0.4, -0.2) is 6.69 Å². The van der Waals surface area contributed by atoms with Crippen LogP contribution in [0.2, 0.25) is 12.6 Å². The summed E-state index contributed by atoms with van der Waals surface area (Å²) >= 11 is 12.6. The van der Waals surface area contributed by atoms with E-state index in [9.17, 15) is 0 Å². The van der Waals surface area contributed by atoms with Crippen LogP contribution in [0.25, 0.3) is 0 Å². The Balaban J connectivity index is 2.19. The van der Waals surface area contributed by atoms with Crippen LogP contribution in [0.1, 0.15) is 40.0 Å². The number of fused-ring (bicyclic) bond motifs is 2. The van der Waals surface area contributed by atoms with Crippen LogP contribution in [0.3, 0.4) is 0 Å². The Morgan fingerprint density at radius 3 is 2.20 bits per heavy atom. The van der Waals surface area contributed by atoms with Gasteiger partial charge in [-0.2, -0.15) is 0 Å². The summed E-state index contributed by atoms with van der Waals surface area (Å²) in [6, 6.07) is 1.09. The van der Waals surface area contributed by atoms with Crippen LogP contribution >= 0.6 is 22.2 Å². The van der Waals surface area contributed by atoms with Gasteiger partial charge in [0.05, 0.1) is 0 Å². The maximum absolute atomic E-state index is 6.31. The molecule has 2 aliphatic carbocycles. The fraction of sp³-hybridized carbons (Fsp3) is 1.00. The van der Waals surface area contributed by atoms with E-state index >= 15 is 0 Å². The molecular weight excluding hydrogens is 243 g/mol. The third-order valence-corrected chi connectivity index (χ3v) is 7.72. The Morgan fingerprint density at radius 1 is 1.27 bits per heavy atom. The molecule has 3 heteroatoms. The Hall–Kier alpha value is 0.797. The second-order valence-corrected chi connectivity index (χ2v) is 14.7. The molecule has 15 heavy (non-hydrogen) atoms. The summed E-state index contributed by atoms with van der Waals surface area (Å²) in [7, 11) is 0. The molecule has 0 aromatic carbocycles. The molecule has 0 N–H and O–H groups in total. The average molecular weight is 265 g/mol. The van der Waals surface area contributed by atoms with Crippen molar-refractivity contribution in [3.8, 4) is 0 Å². The van der Waals surface area contributed by atoms with Crippen LogP contribution in [-0.2, 0) is 0 Å². The third-order valence-electron chi connectivity index (χ3n) is 5.58. The van der Waals surface area contributed by atoms with Crippen molar-refractivity contribution in [2.24, 2.45) is 22.7 Å². The normalized spacial score (nSPS) is 43.6. The van der Waals surface area contributed by atoms with Gasteiger partial charge in [-0.25, -0.2) is 0 Å². The molecule has 2 saturated carbocycles. The molecule has 2 fully saturated rings. The van der Waals surface area contributed by atoms with Crippen molar-refractivity contribution in [2.75, 3.05) is 0 Å². The summed E-state index contributed by atoms with van der Waals surface area (Å²) in [4.78, 5) is 0. The Kier molecular flexibility index (Phi) is 2.78. The predicted octanol–water partition coefficient (Wildman–Crippen LogP) is 5.00. The third kappa shape index (κ3) is 1.79. The molecule has 2 bridgehead atoms. The minimum absolute atomic E-state index is 0.496. The van der Waals surface area contributed by atoms with Gasteiger partial charge in [-0.15, -0.1) is 22.2 Å². The fourth-order valence-electron chi connectivity index (χ4n) is 4.11. The topological polar surface area (TPSA) is 0 Å². The van der Waals surface area contributed by atoms with Crippen LogP contribution in [0.5, 0.6) is 0 Å². The number of rotatable bonds is 2. The summed E-state index contributed by atoms with van der Waals surface area (Å²) in [5.74, 6) is 1.69. The van der Waals surface area contributed by atoms with E-state index in [-0.39, 0.29) is 0 Å². The van der Waals surface area contributed by atoms with Crippen LogP contribution in [0.15, 0.2) is 0 Å². The minimum Gasteiger partial charge on any atom is -0.146 e. The highest BCUT2D eigenvalue weighted by atomic mass is 35.7. The maximum atomic E-state index is 6.31. The molecule has 0 radical (unpaired) electrons. The highest BCUT2D eigenvalue weighted by molar-refractivity contribution is 7.44. The molecule has 2 rings (SSSR count). The first-order valence-electron chi connectivity index (χ1n) is 6.05. The molecule has 0 nitrogen and oxygen atoms in total. The average Bonchev–Trinajstić information content (AvgIpc) is 2.34. The second kappa shape index (κ2) is 3.40. The SMILES string of the molecule is CC1(C)[C@@H]2CC[C@@]1(C)[C@@H](C[Si](C)(Cl)Cl)C2. The van der Waals surface area contributed by atoms with Gasteiger partial charge in [0.15, 0.2) is 0 Å². The second-order valence-electron chi connectivity index (χ2n) is 6.58. The number of hydrogen-bond donors (Lipinski definition) is 0. The first-order valence-corrected chi connectivity index (χ1v) is 10.8. The monoisotopic (exact) mass is 264 g/mol. The zero-order valence-corrected chi connectivity index (χ0v) is 12.8. The van der Waals surface area contributed by atoms with Crippen molar-refractivity contribution in [3.63, 3.8) is 0 Å². The first-order chi connectivity index (χ1) is 6.67. The Labute approximate surface area is 104 Å². The van der Waals surface area contributed by atoms with Gasteiger partial charge in [0.25, 0.3) is 0 Å². The predicted molar refractivity (Wildman–Crippen MR) is 70.9 cm³/mol. The highest BCUT2D eigenvalue weighted by Gasteiger charge is 2.61. The molecule has 88 valence electrons. The molecule has 0 spiro atoms. The van der Waals surface area contributed by atoms with E-state index in [2.05, 4.69) is 27.3 Å². The number of halogens is 2. The van der Waals surface area contributed by atoms with Crippen molar-refractivity contribution in [1.29, 1.82) is 0 Å². The molecule has 0 aromatic rings. The molecule has 0 unspecified atom stereocenters. The fourth-order valence-corrected chi connectivity index (χ4v) is 6.71. The molecule has 0 heterocycles. The largest absolute Gasteiger partial charge is 0.248 e. The van der Waals surface area contributed by atoms with Gasteiger partial charge in [0.2, 0.25) is 6.69 Å². The zero-order valence-electron chi connectivity index (χ0n) is 10.2. The van der Waals surface area contributed by atoms with Crippen LogP contribution < -0.4 is 0 Å². The summed E-state index contributed by atoms with van der Waals surface area (Å²) < 4.78 is 0. The summed E-state index contributed by atoms with van der Waals surface area (Å²) in [6.45, 7) is 7.51. The van der Waals surface area contributed by atoms with Gasteiger partial charge in [0.1, 0.15) is 0 Å². The van der Waals surface area contributed by atoms with E-state index < -0.39 is 6.69 Å². The summed E-state index contributed by atoms with van der Waals surface area (Å²) in [5, 5.41) is 0. The molecule has 0 aromatic heterocycles. The summed E-state index contributed by atoms with van der Waals surface area (Å²) in [5.41, 5.74) is 1.00. The van der Waals surface area contributed by atoms with Crippen molar-refractivity contribution < 1.29 is 0 Å². The highest BCUT2D eigenvalue weighted by Crippen LogP contribution is 2.69. The van der Waals surface area contributed by atoms with Gasteiger partial charge in [-0.1, -0.05) is 20.8 Å². The minimum atomic E-state index is -1.92. The lowest BCUT2D eigenvalue weighted by Crippen LogP contribution is -2.35. The summed E-state index contributed by atoms with van der Waals surface area (Å²) in [6.07, 6.45) is 4.17. The van der Waals surface area contributed by atoms with Crippen molar-refractivity contribution in [1.82, 2.24) is 0 Å². The van der Waals surface area contributed by atoms with Crippen LogP contribution in [0.4, 0.5) is 0 Å². The standard InChI is InChI=1S/C12H22Cl2Si/c1-11(2)9-5-6-12(11,3)10(7-9)8-15(4,13)14/h9-10H,5-8H2,1-4H3/t9-,10-,12+/m1/s1. The van der Waals surface area contributed by atoms with Gasteiger partial charge in [0, 0.05) is 0 Å². The van der Waals surface area contributed by atoms with Crippen LogP contribution in [0, 0.1) is 22.7 Å². The zero-order chi connectivity index (χ0) is 11.5. The van der Waals surface area contributed by atoms with E-state index in [0.29, 0.717) is 10.8 Å². The molecule has 3 atom stereocenters. The van der Waals surface area contributed by atoms with E-state index in [1.165, 1.54) is 19.3 Å².